The van der Waals surface area contributed by atoms with Gasteiger partial charge in [-0.1, -0.05) is 230 Å². The Morgan fingerprint density at radius 1 is 0.410 bits per heavy atom. The molecule has 12 rings (SSSR count). The fourth-order valence-corrected chi connectivity index (χ4v) is 12.9. The largest absolute Gasteiger partial charge is 0.457 e. The molecule has 0 bridgehead atoms. The summed E-state index contributed by atoms with van der Waals surface area (Å²) >= 11 is 0. The Morgan fingerprint density at radius 3 is 1.19 bits per heavy atom. The molecule has 0 N–H and O–H groups in total. The molecule has 3 fully saturated rings. The van der Waals surface area contributed by atoms with Crippen molar-refractivity contribution < 1.29 is 80.7 Å². The molecule has 3 saturated heterocycles. The number of amides is 2. The van der Waals surface area contributed by atoms with Gasteiger partial charge in [-0.05, 0) is 63.5 Å². The topological polar surface area (TPSA) is 232 Å². The lowest BCUT2D eigenvalue weighted by Gasteiger charge is -2.52. The number of azide groups is 1. The van der Waals surface area contributed by atoms with E-state index in [4.69, 9.17) is 66.3 Å². The first-order chi connectivity index (χ1) is 49.1. The zero-order valence-corrected chi connectivity index (χ0v) is 55.7. The van der Waals surface area contributed by atoms with Gasteiger partial charge in [0.2, 0.25) is 0 Å². The van der Waals surface area contributed by atoms with Gasteiger partial charge in [0.1, 0.15) is 61.0 Å². The van der Waals surface area contributed by atoms with Crippen molar-refractivity contribution >= 4 is 17.8 Å². The fraction of sp³-hybridized carbons (Fsp3) is 0.354. The fourth-order valence-electron chi connectivity index (χ4n) is 12.9. The molecule has 15 atom stereocenters. The van der Waals surface area contributed by atoms with Gasteiger partial charge in [-0.25, -0.2) is 0 Å². The highest BCUT2D eigenvalue weighted by Crippen LogP contribution is 2.41. The molecule has 0 saturated carbocycles. The van der Waals surface area contributed by atoms with E-state index in [9.17, 15) is 19.9 Å². The number of ether oxygens (including phenoxy) is 14. The molecular weight excluding hydrogens is 1280 g/mol. The van der Waals surface area contributed by atoms with E-state index in [2.05, 4.69) is 10.0 Å². The predicted molar refractivity (Wildman–Crippen MR) is 365 cm³/mol. The predicted octanol–water partition coefficient (Wildman–Crippen LogP) is 12.2. The molecule has 2 amide bonds. The minimum absolute atomic E-state index is 0.0181. The van der Waals surface area contributed by atoms with Crippen LogP contribution in [0.25, 0.3) is 10.4 Å². The minimum Gasteiger partial charge on any atom is -0.457 e. The van der Waals surface area contributed by atoms with Crippen LogP contribution in [0.5, 0.6) is 0 Å². The van der Waals surface area contributed by atoms with Crippen molar-refractivity contribution in [2.45, 2.75) is 152 Å². The summed E-state index contributed by atoms with van der Waals surface area (Å²) in [4.78, 5) is 48.0. The van der Waals surface area contributed by atoms with Crippen LogP contribution >= 0.6 is 0 Å². The van der Waals surface area contributed by atoms with Gasteiger partial charge < -0.3 is 66.3 Å². The summed E-state index contributed by atoms with van der Waals surface area (Å²) in [6.45, 7) is 3.13. The first-order valence-corrected chi connectivity index (χ1v) is 33.7. The number of esters is 1. The van der Waals surface area contributed by atoms with E-state index < -0.39 is 110 Å². The highest BCUT2D eigenvalue weighted by atomic mass is 16.8. The van der Waals surface area contributed by atoms with E-state index in [0.717, 1.165) is 43.8 Å². The normalized spacial score (nSPS) is 25.8. The Balaban J connectivity index is 1.01. The van der Waals surface area contributed by atoms with Gasteiger partial charge in [-0.15, -0.1) is 0 Å². The van der Waals surface area contributed by atoms with Crippen molar-refractivity contribution in [2.75, 3.05) is 26.4 Å². The van der Waals surface area contributed by atoms with Gasteiger partial charge in [0.25, 0.3) is 11.8 Å². The van der Waals surface area contributed by atoms with Crippen LogP contribution in [0.2, 0.25) is 0 Å². The van der Waals surface area contributed by atoms with E-state index in [1.54, 1.807) is 12.1 Å². The average Bonchev–Trinajstić information content (AvgIpc) is 1.44. The summed E-state index contributed by atoms with van der Waals surface area (Å²) < 4.78 is 98.8. The minimum atomic E-state index is -1.62. The summed E-state index contributed by atoms with van der Waals surface area (Å²) in [6.07, 6.45) is -17.1. The van der Waals surface area contributed by atoms with Crippen LogP contribution in [0.15, 0.2) is 242 Å². The Labute approximate surface area is 581 Å². The molecule has 4 heterocycles. The van der Waals surface area contributed by atoms with E-state index in [1.165, 1.54) is 19.1 Å². The third-order valence-electron chi connectivity index (χ3n) is 17.7. The molecule has 0 aromatic heterocycles. The molecule has 4 aliphatic rings. The van der Waals surface area contributed by atoms with Crippen molar-refractivity contribution in [2.24, 2.45) is 5.11 Å². The van der Waals surface area contributed by atoms with Crippen molar-refractivity contribution in [1.29, 1.82) is 0 Å². The number of carbonyl (C=O) groups excluding carboxylic acids is 3. The molecule has 520 valence electrons. The third-order valence-corrected chi connectivity index (χ3v) is 17.7. The first-order valence-electron chi connectivity index (χ1n) is 33.7. The number of imide groups is 1. The van der Waals surface area contributed by atoms with Crippen molar-refractivity contribution in [3.05, 3.63) is 297 Å². The zero-order chi connectivity index (χ0) is 68.8. The summed E-state index contributed by atoms with van der Waals surface area (Å²) in [5, 5.41) is 3.69. The van der Waals surface area contributed by atoms with Crippen LogP contribution in [0, 0.1) is 0 Å². The SMILES string of the molecule is CC(=O)O[C@H]1[C@H](O[C@@H]2O[C@H](COCc3ccccc3)[C@H](OCc3ccccc3)[C@H](OCc3ccccc3)[C@H]2O[C@@H]2O[C@@H](C)[C@@H](OCc3ccccc3)[C@@H](OCc3ccccc3)[C@@H]2OCc2ccccc2)[C@@H](COCc2ccccc2)O[C@@H](OCCN=[N+]=[N-])[C@@H]1N1C(=O)c2ccccc2C1=O. The zero-order valence-electron chi connectivity index (χ0n) is 55.7. The maximum absolute atomic E-state index is 15.0. The number of hydrogen-bond acceptors (Lipinski definition) is 18. The van der Waals surface area contributed by atoms with E-state index in [0.29, 0.717) is 0 Å². The lowest BCUT2D eigenvalue weighted by molar-refractivity contribution is -0.395. The smallest absolute Gasteiger partial charge is 0.303 e. The molecule has 0 spiro atoms. The van der Waals surface area contributed by atoms with Crippen LogP contribution in [0.3, 0.4) is 0 Å². The number of rotatable bonds is 33. The second-order valence-electron chi connectivity index (χ2n) is 24.7. The van der Waals surface area contributed by atoms with Crippen LogP contribution in [-0.2, 0) is 117 Å². The number of fused-ring (bicyclic) bond motifs is 1. The average molecular weight is 1360 g/mol. The first kappa shape index (κ1) is 71.0. The summed E-state index contributed by atoms with van der Waals surface area (Å²) in [7, 11) is 0. The van der Waals surface area contributed by atoms with Crippen molar-refractivity contribution in [3.8, 4) is 0 Å². The van der Waals surface area contributed by atoms with Crippen LogP contribution in [0.4, 0.5) is 0 Å². The summed E-state index contributed by atoms with van der Waals surface area (Å²) in [6, 6.07) is 72.6. The number of hydrogen-bond donors (Lipinski definition) is 0. The molecular formula is C79H82N4O17. The van der Waals surface area contributed by atoms with Gasteiger partial charge in [-0.2, -0.15) is 0 Å². The van der Waals surface area contributed by atoms with Gasteiger partial charge in [0, 0.05) is 18.4 Å². The van der Waals surface area contributed by atoms with Gasteiger partial charge in [0.15, 0.2) is 25.0 Å². The second-order valence-corrected chi connectivity index (χ2v) is 24.7. The van der Waals surface area contributed by atoms with E-state index >= 15 is 0 Å². The second kappa shape index (κ2) is 36.0. The highest BCUT2D eigenvalue weighted by Gasteiger charge is 2.60. The van der Waals surface area contributed by atoms with E-state index in [-0.39, 0.29) is 83.7 Å². The Kier molecular flexibility index (Phi) is 25.5. The molecule has 4 aliphatic heterocycles. The lowest BCUT2D eigenvalue weighted by Crippen LogP contribution is -2.70. The molecule has 21 heteroatoms. The maximum Gasteiger partial charge on any atom is 0.303 e. The van der Waals surface area contributed by atoms with Crippen LogP contribution in [-0.4, -0.2) is 141 Å². The summed E-state index contributed by atoms with van der Waals surface area (Å²) in [5.41, 5.74) is 15.6. The molecule has 100 heavy (non-hydrogen) atoms. The number of carbonyl (C=O) groups is 3. The van der Waals surface area contributed by atoms with E-state index in [1.807, 2.05) is 219 Å². The number of nitrogens with zero attached hydrogens (tertiary/aromatic N) is 4. The standard InChI is InChI=1S/C79H82N4O17/c1-53-67(90-46-57-30-14-5-15-31-57)71(92-48-59-34-18-7-19-35-59)73(94-50-61-38-22-9-23-39-61)78(95-53)100-74-72(93-49-60-36-20-8-21-37-60)68(91-47-58-32-16-6-17-33-58)64(51-87-44-55-26-10-3-11-27-55)98-79(74)99-69-65(52-88-45-56-28-12-4-13-29-56)97-77(89-43-42-81-82-80)66(70(69)96-54(2)84)83-75(85)62-40-24-25-41-63(62)76(83)86/h3-41,53,64-74,77-79H,42-52H2,1-2H3/t53-,64+,65+,66+,67+,68-,69+,70+,71+,72-,73-,74+,77+,78-,79-/m0/s1. The molecule has 21 nitrogen and oxygen atoms in total. The lowest BCUT2D eigenvalue weighted by atomic mass is 9.93. The molecule has 0 aliphatic carbocycles. The Hall–Kier alpha value is -8.84. The van der Waals surface area contributed by atoms with Gasteiger partial charge in [0.05, 0.1) is 83.3 Å². The van der Waals surface area contributed by atoms with Gasteiger partial charge in [-0.3, -0.25) is 19.3 Å². The Morgan fingerprint density at radius 2 is 0.760 bits per heavy atom. The van der Waals surface area contributed by atoms with Crippen LogP contribution in [0.1, 0.15) is 73.5 Å². The van der Waals surface area contributed by atoms with Crippen molar-refractivity contribution in [1.82, 2.24) is 4.90 Å². The highest BCUT2D eigenvalue weighted by molar-refractivity contribution is 6.21. The van der Waals surface area contributed by atoms with Crippen molar-refractivity contribution in [3.63, 3.8) is 0 Å². The third kappa shape index (κ3) is 18.6. The monoisotopic (exact) mass is 1360 g/mol. The quantitative estimate of drug-likeness (QED) is 0.00929. The molecule has 0 radical (unpaired) electrons. The van der Waals surface area contributed by atoms with Crippen LogP contribution < -0.4 is 0 Å². The summed E-state index contributed by atoms with van der Waals surface area (Å²) in [5.74, 6) is -2.24. The Bertz CT molecular complexity index is 3840. The molecule has 8 aromatic rings. The van der Waals surface area contributed by atoms with Gasteiger partial charge >= 0.3 is 5.97 Å². The maximum atomic E-state index is 15.0. The number of benzene rings is 8. The molecule has 8 aromatic carbocycles. The molecule has 0 unspecified atom stereocenters.